The predicted molar refractivity (Wildman–Crippen MR) is 70.6 cm³/mol. The van der Waals surface area contributed by atoms with Crippen LogP contribution in [0.1, 0.15) is 37.8 Å². The fourth-order valence-corrected chi connectivity index (χ4v) is 3.28. The number of nitrogens with zero attached hydrogens (tertiary/aromatic N) is 2. The molecule has 6 nitrogen and oxygen atoms in total. The highest BCUT2D eigenvalue weighted by Gasteiger charge is 2.57. The largest absolute Gasteiger partial charge is 0.481 e. The van der Waals surface area contributed by atoms with E-state index in [0.717, 1.165) is 25.7 Å². The second kappa shape index (κ2) is 4.54. The Bertz CT molecular complexity index is 579. The Balaban J connectivity index is 1.85. The molecule has 0 saturated heterocycles. The average Bonchev–Trinajstić information content (AvgIpc) is 2.92. The molecule has 2 fully saturated rings. The molecule has 106 valence electrons. The fraction of sp³-hybridized carbons (Fsp3) is 0.571. The summed E-state index contributed by atoms with van der Waals surface area (Å²) in [5, 5.41) is 11.0. The Morgan fingerprint density at radius 3 is 2.70 bits per heavy atom. The maximum atomic E-state index is 11.9. The van der Waals surface area contributed by atoms with Gasteiger partial charge in [-0.1, -0.05) is 12.8 Å². The van der Waals surface area contributed by atoms with Crippen LogP contribution in [0.5, 0.6) is 5.75 Å². The van der Waals surface area contributed by atoms with Crippen molar-refractivity contribution in [3.63, 3.8) is 0 Å². The molecular formula is C14H16N2O4. The Hall–Kier alpha value is -1.98. The summed E-state index contributed by atoms with van der Waals surface area (Å²) < 4.78 is 5.78. The highest BCUT2D eigenvalue weighted by molar-refractivity contribution is 5.92. The van der Waals surface area contributed by atoms with Crippen molar-refractivity contribution in [1.29, 1.82) is 0 Å². The van der Waals surface area contributed by atoms with Crippen molar-refractivity contribution in [2.75, 3.05) is 0 Å². The van der Waals surface area contributed by atoms with Crippen molar-refractivity contribution in [3.8, 4) is 5.75 Å². The SMILES string of the molecule is Cc1ccc(OC2CC(=O)C23CCCC3)c([N+](=O)[O-])n1. The van der Waals surface area contributed by atoms with Gasteiger partial charge in [0.1, 0.15) is 17.6 Å². The van der Waals surface area contributed by atoms with Crippen LogP contribution in [0.25, 0.3) is 0 Å². The van der Waals surface area contributed by atoms with Crippen LogP contribution in [0.4, 0.5) is 5.82 Å². The van der Waals surface area contributed by atoms with Crippen molar-refractivity contribution in [1.82, 2.24) is 4.98 Å². The van der Waals surface area contributed by atoms with E-state index in [0.29, 0.717) is 12.1 Å². The Kier molecular flexibility index (Phi) is 2.96. The van der Waals surface area contributed by atoms with Crippen LogP contribution in [-0.2, 0) is 4.79 Å². The second-order valence-electron chi connectivity index (χ2n) is 5.63. The number of aromatic nitrogens is 1. The zero-order valence-corrected chi connectivity index (χ0v) is 11.3. The normalized spacial score (nSPS) is 23.6. The van der Waals surface area contributed by atoms with Crippen molar-refractivity contribution in [2.45, 2.75) is 45.1 Å². The summed E-state index contributed by atoms with van der Waals surface area (Å²) in [5.41, 5.74) is 0.183. The average molecular weight is 276 g/mol. The first-order chi connectivity index (χ1) is 9.53. The number of carbonyl (C=O) groups is 1. The molecule has 2 saturated carbocycles. The number of carbonyl (C=O) groups excluding carboxylic acids is 1. The van der Waals surface area contributed by atoms with Gasteiger partial charge in [-0.3, -0.25) is 4.79 Å². The second-order valence-corrected chi connectivity index (χ2v) is 5.63. The van der Waals surface area contributed by atoms with Gasteiger partial charge in [-0.15, -0.1) is 0 Å². The van der Waals surface area contributed by atoms with Crippen LogP contribution < -0.4 is 4.74 Å². The van der Waals surface area contributed by atoms with Crippen LogP contribution in [0.2, 0.25) is 0 Å². The summed E-state index contributed by atoms with van der Waals surface area (Å²) in [7, 11) is 0. The van der Waals surface area contributed by atoms with Crippen LogP contribution in [-0.4, -0.2) is 21.8 Å². The number of ketones is 1. The molecule has 1 aromatic rings. The lowest BCUT2D eigenvalue weighted by Crippen LogP contribution is -2.55. The lowest BCUT2D eigenvalue weighted by molar-refractivity contribution is -0.391. The topological polar surface area (TPSA) is 82.3 Å². The molecule has 0 aromatic carbocycles. The van der Waals surface area contributed by atoms with Gasteiger partial charge in [0.15, 0.2) is 0 Å². The molecule has 2 aliphatic carbocycles. The molecule has 20 heavy (non-hydrogen) atoms. The third-order valence-corrected chi connectivity index (χ3v) is 4.46. The summed E-state index contributed by atoms with van der Waals surface area (Å²) in [6.45, 7) is 1.70. The Morgan fingerprint density at radius 2 is 2.10 bits per heavy atom. The summed E-state index contributed by atoms with van der Waals surface area (Å²) in [6, 6.07) is 3.26. The Morgan fingerprint density at radius 1 is 1.40 bits per heavy atom. The van der Waals surface area contributed by atoms with E-state index < -0.39 is 10.3 Å². The summed E-state index contributed by atoms with van der Waals surface area (Å²) in [5.74, 6) is 0.143. The van der Waals surface area contributed by atoms with E-state index in [2.05, 4.69) is 4.98 Å². The van der Waals surface area contributed by atoms with Gasteiger partial charge >= 0.3 is 5.82 Å². The molecule has 1 unspecified atom stereocenters. The van der Waals surface area contributed by atoms with E-state index in [1.807, 2.05) is 0 Å². The molecule has 1 atom stereocenters. The molecule has 6 heteroatoms. The van der Waals surface area contributed by atoms with E-state index in [1.165, 1.54) is 0 Å². The summed E-state index contributed by atoms with van der Waals surface area (Å²) in [4.78, 5) is 26.3. The molecule has 1 heterocycles. The highest BCUT2D eigenvalue weighted by Crippen LogP contribution is 2.52. The first kappa shape index (κ1) is 13.0. The van der Waals surface area contributed by atoms with Gasteiger partial charge in [0.2, 0.25) is 5.75 Å². The molecule has 1 aromatic heterocycles. The maximum absolute atomic E-state index is 11.9. The molecular weight excluding hydrogens is 260 g/mol. The molecule has 0 bridgehead atoms. The summed E-state index contributed by atoms with van der Waals surface area (Å²) in [6.07, 6.45) is 3.85. The van der Waals surface area contributed by atoms with Gasteiger partial charge in [-0.05, 0) is 34.9 Å². The van der Waals surface area contributed by atoms with E-state index in [9.17, 15) is 14.9 Å². The Labute approximate surface area is 116 Å². The number of aryl methyl sites for hydroxylation is 1. The lowest BCUT2D eigenvalue weighted by atomic mass is 9.63. The minimum Gasteiger partial charge on any atom is -0.481 e. The number of pyridine rings is 1. The van der Waals surface area contributed by atoms with Crippen molar-refractivity contribution in [3.05, 3.63) is 27.9 Å². The quantitative estimate of drug-likeness (QED) is 0.626. The predicted octanol–water partition coefficient (Wildman–Crippen LogP) is 2.58. The number of rotatable bonds is 3. The van der Waals surface area contributed by atoms with Crippen LogP contribution in [0.3, 0.4) is 0 Å². The molecule has 0 radical (unpaired) electrons. The van der Waals surface area contributed by atoms with E-state index in [-0.39, 0.29) is 23.5 Å². The van der Waals surface area contributed by atoms with Gasteiger partial charge in [0, 0.05) is 13.3 Å². The zero-order chi connectivity index (χ0) is 14.3. The van der Waals surface area contributed by atoms with Gasteiger partial charge in [-0.2, -0.15) is 0 Å². The van der Waals surface area contributed by atoms with Crippen LogP contribution >= 0.6 is 0 Å². The van der Waals surface area contributed by atoms with E-state index in [1.54, 1.807) is 19.1 Å². The fourth-order valence-electron chi connectivity index (χ4n) is 3.28. The van der Waals surface area contributed by atoms with Gasteiger partial charge in [0.25, 0.3) is 0 Å². The van der Waals surface area contributed by atoms with Crippen molar-refractivity contribution in [2.24, 2.45) is 5.41 Å². The minimum absolute atomic E-state index is 0.171. The highest BCUT2D eigenvalue weighted by atomic mass is 16.6. The van der Waals surface area contributed by atoms with Gasteiger partial charge < -0.3 is 14.9 Å². The monoisotopic (exact) mass is 276 g/mol. The van der Waals surface area contributed by atoms with Crippen LogP contribution in [0.15, 0.2) is 12.1 Å². The molecule has 0 amide bonds. The summed E-state index contributed by atoms with van der Waals surface area (Å²) >= 11 is 0. The zero-order valence-electron chi connectivity index (χ0n) is 11.3. The molecule has 2 aliphatic rings. The molecule has 3 rings (SSSR count). The van der Waals surface area contributed by atoms with Crippen LogP contribution in [0, 0.1) is 22.5 Å². The molecule has 0 N–H and O–H groups in total. The van der Waals surface area contributed by atoms with E-state index in [4.69, 9.17) is 4.74 Å². The lowest BCUT2D eigenvalue weighted by Gasteiger charge is -2.44. The number of ether oxygens (including phenoxy) is 1. The van der Waals surface area contributed by atoms with Crippen molar-refractivity contribution < 1.29 is 14.5 Å². The number of nitro groups is 1. The van der Waals surface area contributed by atoms with Gasteiger partial charge in [0.05, 0.1) is 5.41 Å². The standard InChI is InChI=1S/C14H16N2O4/c1-9-4-5-10(13(15-9)16(18)19)20-12-8-11(17)14(12)6-2-3-7-14/h4-5,12H,2-3,6-8H2,1H3. The number of hydrogen-bond donors (Lipinski definition) is 0. The number of Topliss-reactive ketones (excluding diaryl/α,β-unsaturated/α-hetero) is 1. The van der Waals surface area contributed by atoms with Gasteiger partial charge in [-0.25, -0.2) is 0 Å². The first-order valence-electron chi connectivity index (χ1n) is 6.85. The third-order valence-electron chi connectivity index (χ3n) is 4.46. The van der Waals surface area contributed by atoms with Crippen molar-refractivity contribution >= 4 is 11.6 Å². The molecule has 1 spiro atoms. The first-order valence-corrected chi connectivity index (χ1v) is 6.85. The minimum atomic E-state index is -0.538. The smallest absolute Gasteiger partial charge is 0.406 e. The number of hydrogen-bond acceptors (Lipinski definition) is 5. The molecule has 0 aliphatic heterocycles. The maximum Gasteiger partial charge on any atom is 0.406 e. The van der Waals surface area contributed by atoms with E-state index >= 15 is 0 Å². The third kappa shape index (κ3) is 1.87.